The van der Waals surface area contributed by atoms with Crippen LogP contribution >= 0.6 is 11.3 Å². The van der Waals surface area contributed by atoms with Gasteiger partial charge in [0, 0.05) is 23.5 Å². The van der Waals surface area contributed by atoms with Crippen molar-refractivity contribution in [2.24, 2.45) is 0 Å². The van der Waals surface area contributed by atoms with Crippen molar-refractivity contribution >= 4 is 46.1 Å². The first-order valence-corrected chi connectivity index (χ1v) is 20.8. The van der Waals surface area contributed by atoms with E-state index < -0.39 is 30.4 Å². The number of amides is 4. The molecule has 0 spiro atoms. The lowest BCUT2D eigenvalue weighted by atomic mass is 9.98. The van der Waals surface area contributed by atoms with Crippen LogP contribution in [0.1, 0.15) is 67.3 Å². The molecule has 2 aliphatic heterocycles. The largest absolute Gasteiger partial charge is 0.453 e. The molecule has 15 nitrogen and oxygen atoms in total. The number of rotatable bonds is 11. The molecule has 60 heavy (non-hydrogen) atoms. The number of aliphatic hydroxyl groups excluding tert-OH is 1. The van der Waals surface area contributed by atoms with Gasteiger partial charge in [-0.05, 0) is 83.6 Å². The van der Waals surface area contributed by atoms with Crippen LogP contribution in [0.5, 0.6) is 0 Å². The highest BCUT2D eigenvalue weighted by Gasteiger charge is 2.39. The summed E-state index contributed by atoms with van der Waals surface area (Å²) in [6.45, 7) is 2.50. The summed E-state index contributed by atoms with van der Waals surface area (Å²) < 4.78 is 9.47. The molecule has 1 unspecified atom stereocenters. The fraction of sp³-hybridized carbons (Fsp3) is 0.318. The minimum absolute atomic E-state index is 0.198. The fourth-order valence-corrected chi connectivity index (χ4v) is 8.94. The Bertz CT molecular complexity index is 2500. The third-order valence-corrected chi connectivity index (χ3v) is 12.2. The van der Waals surface area contributed by atoms with Crippen LogP contribution in [0.3, 0.4) is 0 Å². The van der Waals surface area contributed by atoms with Crippen LogP contribution in [-0.2, 0) is 19.1 Å². The van der Waals surface area contributed by atoms with Crippen molar-refractivity contribution in [3.05, 3.63) is 107 Å². The number of aromatic nitrogens is 4. The highest BCUT2D eigenvalue weighted by atomic mass is 32.1. The zero-order chi connectivity index (χ0) is 41.9. The lowest BCUT2D eigenvalue weighted by molar-refractivity contribution is -0.137. The second-order valence-corrected chi connectivity index (χ2v) is 16.0. The molecule has 310 valence electrons. The van der Waals surface area contributed by atoms with E-state index in [9.17, 15) is 24.3 Å². The summed E-state index contributed by atoms with van der Waals surface area (Å²) in [6, 6.07) is 22.0. The average Bonchev–Trinajstić information content (AvgIpc) is 4.13. The number of nitrogens with zero attached hydrogens (tertiary/aromatic N) is 4. The van der Waals surface area contributed by atoms with E-state index in [0.717, 1.165) is 68.6 Å². The van der Waals surface area contributed by atoms with Crippen LogP contribution in [0, 0.1) is 0 Å². The van der Waals surface area contributed by atoms with Gasteiger partial charge in [0.25, 0.3) is 5.91 Å². The van der Waals surface area contributed by atoms with E-state index in [1.165, 1.54) is 32.5 Å². The molecule has 4 amide bonds. The van der Waals surface area contributed by atoms with Crippen LogP contribution in [0.2, 0.25) is 0 Å². The molecule has 0 saturated carbocycles. The summed E-state index contributed by atoms with van der Waals surface area (Å²) >= 11 is 1.41. The van der Waals surface area contributed by atoms with Crippen LogP contribution in [0.4, 0.5) is 9.59 Å². The third-order valence-electron chi connectivity index (χ3n) is 11.3. The number of hydrogen-bond donors (Lipinski definition) is 5. The number of H-pyrrole nitrogens is 2. The summed E-state index contributed by atoms with van der Waals surface area (Å²) in [7, 11) is 2.49. The maximum atomic E-state index is 13.8. The number of carbonyl (C=O) groups is 4. The first-order valence-electron chi connectivity index (χ1n) is 19.9. The van der Waals surface area contributed by atoms with Gasteiger partial charge in [0.2, 0.25) is 5.91 Å². The van der Waals surface area contributed by atoms with Crippen molar-refractivity contribution in [2.45, 2.75) is 62.9 Å². The number of benzene rings is 3. The van der Waals surface area contributed by atoms with E-state index in [0.29, 0.717) is 31.2 Å². The molecule has 2 fully saturated rings. The number of imidazole rings is 2. The summed E-state index contributed by atoms with van der Waals surface area (Å²) in [5, 5.41) is 19.4. The number of hydrogen-bond acceptors (Lipinski definition) is 10. The minimum atomic E-state index is -1.13. The van der Waals surface area contributed by atoms with Gasteiger partial charge in [0.1, 0.15) is 23.7 Å². The fourth-order valence-electron chi connectivity index (χ4n) is 8.18. The number of aromatic amines is 2. The molecule has 6 aromatic rings. The molecule has 8 rings (SSSR count). The van der Waals surface area contributed by atoms with Crippen molar-refractivity contribution in [1.82, 2.24) is 40.4 Å². The topological polar surface area (TPSA) is 195 Å². The predicted molar refractivity (Wildman–Crippen MR) is 226 cm³/mol. The molecular formula is C44H46N8O7S. The van der Waals surface area contributed by atoms with E-state index in [2.05, 4.69) is 84.9 Å². The SMILES string of the molecule is COC(=O)N[C@H](C(=O)N1CCC[C@H]1c1ncc(-c2ccc3cc(-c4ccc(-c5cnc([C@@H]6CCCN6C(=O)[C@H](NC(=O)OC)c6cccs6)[nH]5)cc4)ccc3c2)[nH]1)C(C)O. The quantitative estimate of drug-likeness (QED) is 0.0926. The van der Waals surface area contributed by atoms with Gasteiger partial charge in [-0.25, -0.2) is 19.6 Å². The molecule has 16 heteroatoms. The zero-order valence-corrected chi connectivity index (χ0v) is 34.2. The normalized spacial score (nSPS) is 17.9. The minimum Gasteiger partial charge on any atom is -0.453 e. The van der Waals surface area contributed by atoms with Crippen molar-refractivity contribution in [3.8, 4) is 33.6 Å². The van der Waals surface area contributed by atoms with Gasteiger partial charge in [-0.1, -0.05) is 54.6 Å². The van der Waals surface area contributed by atoms with E-state index in [1.807, 2.05) is 23.6 Å². The van der Waals surface area contributed by atoms with Crippen LogP contribution < -0.4 is 10.6 Å². The molecular weight excluding hydrogens is 785 g/mol. The summed E-state index contributed by atoms with van der Waals surface area (Å²) in [5.41, 5.74) is 5.71. The van der Waals surface area contributed by atoms with Gasteiger partial charge in [-0.15, -0.1) is 11.3 Å². The average molecular weight is 831 g/mol. The first kappa shape index (κ1) is 40.3. The Labute approximate surface area is 350 Å². The molecule has 0 aliphatic carbocycles. The number of thiophene rings is 1. The third kappa shape index (κ3) is 8.20. The van der Waals surface area contributed by atoms with Crippen molar-refractivity contribution in [2.75, 3.05) is 27.3 Å². The number of ether oxygens (including phenoxy) is 2. The van der Waals surface area contributed by atoms with E-state index in [-0.39, 0.29) is 23.9 Å². The number of methoxy groups -OCH3 is 2. The zero-order valence-electron chi connectivity index (χ0n) is 33.4. The van der Waals surface area contributed by atoms with Gasteiger partial charge in [-0.3, -0.25) is 9.59 Å². The number of nitrogens with one attached hydrogen (secondary N) is 4. The lowest BCUT2D eigenvalue weighted by Gasteiger charge is -2.29. The van der Waals surface area contributed by atoms with Gasteiger partial charge in [0.15, 0.2) is 0 Å². The Morgan fingerprint density at radius 1 is 0.733 bits per heavy atom. The van der Waals surface area contributed by atoms with Crippen molar-refractivity contribution < 1.29 is 33.8 Å². The molecule has 5 atom stereocenters. The van der Waals surface area contributed by atoms with Gasteiger partial charge in [0.05, 0.1) is 56.2 Å². The smallest absolute Gasteiger partial charge is 0.407 e. The van der Waals surface area contributed by atoms with Crippen molar-refractivity contribution in [1.29, 1.82) is 0 Å². The Balaban J connectivity index is 0.941. The van der Waals surface area contributed by atoms with Crippen LogP contribution in [-0.4, -0.2) is 98.3 Å². The summed E-state index contributed by atoms with van der Waals surface area (Å²) in [6.07, 6.45) is 4.06. The maximum Gasteiger partial charge on any atom is 0.407 e. The number of aliphatic hydroxyl groups is 1. The molecule has 2 saturated heterocycles. The lowest BCUT2D eigenvalue weighted by Crippen LogP contribution is -2.53. The standard InChI is InChI=1S/C44H46N8O7S/c1-25(53)37(49-43(56)58-2)41(54)51-18-4-7-34(51)40-46-24-33(48-40)31-17-16-29-21-28(14-15-30(29)22-31)26-10-12-27(13-11-26)32-23-45-39(47-32)35-8-5-19-52(35)42(55)38(50-44(57)59-3)36-9-6-20-60-36/h6,9-17,20-25,34-35,37-38,53H,4-5,7-8,18-19H2,1-3H3,(H,45,47)(H,46,48)(H,49,56)(H,50,57)/t25?,34-,35-,37-,38+/m0/s1. The molecule has 3 aromatic carbocycles. The molecule has 0 radical (unpaired) electrons. The summed E-state index contributed by atoms with van der Waals surface area (Å²) in [4.78, 5) is 71.7. The number of fused-ring (bicyclic) bond motifs is 1. The second-order valence-electron chi connectivity index (χ2n) is 15.0. The number of carbonyl (C=O) groups excluding carboxylic acids is 4. The van der Waals surface area contributed by atoms with Gasteiger partial charge in [-0.2, -0.15) is 0 Å². The maximum absolute atomic E-state index is 13.8. The van der Waals surface area contributed by atoms with Gasteiger partial charge >= 0.3 is 12.2 Å². The molecule has 5 heterocycles. The van der Waals surface area contributed by atoms with Crippen LogP contribution in [0.15, 0.2) is 90.6 Å². The first-order chi connectivity index (χ1) is 29.1. The van der Waals surface area contributed by atoms with E-state index in [1.54, 1.807) is 22.2 Å². The van der Waals surface area contributed by atoms with Crippen molar-refractivity contribution in [3.63, 3.8) is 0 Å². The number of likely N-dealkylation sites (tertiary alicyclic amines) is 2. The molecule has 2 aliphatic rings. The second kappa shape index (κ2) is 17.4. The Morgan fingerprint density at radius 3 is 1.85 bits per heavy atom. The molecule has 3 aromatic heterocycles. The Kier molecular flexibility index (Phi) is 11.7. The van der Waals surface area contributed by atoms with Crippen LogP contribution in [0.25, 0.3) is 44.4 Å². The summed E-state index contributed by atoms with van der Waals surface area (Å²) in [5.74, 6) is 0.762. The van der Waals surface area contributed by atoms with E-state index >= 15 is 0 Å². The van der Waals surface area contributed by atoms with E-state index in [4.69, 9.17) is 9.72 Å². The monoisotopic (exact) mass is 830 g/mol. The Hall–Kier alpha value is -6.52. The Morgan fingerprint density at radius 2 is 1.27 bits per heavy atom. The highest BCUT2D eigenvalue weighted by molar-refractivity contribution is 7.10. The number of alkyl carbamates (subject to hydrolysis) is 2. The van der Waals surface area contributed by atoms with Gasteiger partial charge < -0.3 is 45.0 Å². The molecule has 5 N–H and O–H groups in total. The molecule has 0 bridgehead atoms. The highest BCUT2D eigenvalue weighted by Crippen LogP contribution is 2.36. The predicted octanol–water partition coefficient (Wildman–Crippen LogP) is 6.88.